The average molecular weight is 337 g/mol. The molecule has 0 saturated heterocycles. The molecule has 0 saturated carbocycles. The zero-order valence-corrected chi connectivity index (χ0v) is 14.8. The minimum absolute atomic E-state index is 0.0640. The van der Waals surface area contributed by atoms with Crippen molar-refractivity contribution in [3.05, 3.63) is 80.5 Å². The van der Waals surface area contributed by atoms with E-state index in [2.05, 4.69) is 36.2 Å². The molecule has 0 bridgehead atoms. The number of fused-ring (bicyclic) bond motifs is 1. The second-order valence-corrected chi connectivity index (χ2v) is 6.47. The molecule has 130 valence electrons. The maximum absolute atomic E-state index is 12.8. The fourth-order valence-electron chi connectivity index (χ4n) is 3.08. The second-order valence-electron chi connectivity index (χ2n) is 6.47. The molecule has 1 atom stereocenters. The van der Waals surface area contributed by atoms with Gasteiger partial charge in [-0.15, -0.1) is 0 Å². The van der Waals surface area contributed by atoms with Crippen LogP contribution in [0.5, 0.6) is 0 Å². The highest BCUT2D eigenvalue weighted by Crippen LogP contribution is 2.20. The first-order valence-electron chi connectivity index (χ1n) is 8.48. The Morgan fingerprint density at radius 3 is 2.36 bits per heavy atom. The van der Waals surface area contributed by atoms with Crippen molar-refractivity contribution in [3.63, 3.8) is 0 Å². The van der Waals surface area contributed by atoms with Gasteiger partial charge in [-0.3, -0.25) is 9.36 Å². The summed E-state index contributed by atoms with van der Waals surface area (Å²) in [5, 5.41) is 0.529. The molecule has 3 aromatic rings. The Hall–Kier alpha value is -2.66. The summed E-state index contributed by atoms with van der Waals surface area (Å²) in [6.07, 6.45) is 0.983. The Morgan fingerprint density at radius 1 is 1.04 bits per heavy atom. The zero-order chi connectivity index (χ0) is 18.0. The summed E-state index contributed by atoms with van der Waals surface area (Å²) in [5.41, 5.74) is 2.29. The van der Waals surface area contributed by atoms with Crippen LogP contribution in [0.3, 0.4) is 0 Å². The molecule has 0 amide bonds. The summed E-state index contributed by atoms with van der Waals surface area (Å²) in [6.45, 7) is 2.42. The molecule has 25 heavy (non-hydrogen) atoms. The van der Waals surface area contributed by atoms with E-state index in [9.17, 15) is 9.59 Å². The number of nitrogens with one attached hydrogen (secondary N) is 1. The lowest BCUT2D eigenvalue weighted by Crippen LogP contribution is -2.39. The lowest BCUT2D eigenvalue weighted by molar-refractivity contribution is 0.264. The smallest absolute Gasteiger partial charge is 0.307 e. The van der Waals surface area contributed by atoms with Crippen molar-refractivity contribution in [1.29, 1.82) is 0 Å². The summed E-state index contributed by atoms with van der Waals surface area (Å²) in [5.74, 6) is 0. The van der Waals surface area contributed by atoms with Gasteiger partial charge in [0.2, 0.25) is 0 Å². The van der Waals surface area contributed by atoms with Crippen molar-refractivity contribution in [2.75, 3.05) is 14.1 Å². The summed E-state index contributed by atoms with van der Waals surface area (Å²) < 4.78 is 1.29. The molecule has 1 N–H and O–H groups in total. The molecule has 0 fully saturated rings. The molecule has 0 aliphatic heterocycles. The summed E-state index contributed by atoms with van der Waals surface area (Å²) in [4.78, 5) is 30.0. The molecular weight excluding hydrogens is 314 g/mol. The van der Waals surface area contributed by atoms with E-state index >= 15 is 0 Å². The van der Waals surface area contributed by atoms with Gasteiger partial charge in [0.05, 0.1) is 23.5 Å². The van der Waals surface area contributed by atoms with Crippen LogP contribution in [-0.2, 0) is 13.0 Å². The maximum Gasteiger partial charge on any atom is 0.328 e. The van der Waals surface area contributed by atoms with Crippen LogP contribution >= 0.6 is 0 Å². The molecule has 5 heteroatoms. The number of hydrogen-bond donors (Lipinski definition) is 1. The Kier molecular flexibility index (Phi) is 4.86. The van der Waals surface area contributed by atoms with Crippen molar-refractivity contribution in [1.82, 2.24) is 14.5 Å². The lowest BCUT2D eigenvalue weighted by Gasteiger charge is -2.25. The molecule has 0 radical (unpaired) electrons. The maximum atomic E-state index is 12.8. The van der Waals surface area contributed by atoms with E-state index in [4.69, 9.17) is 0 Å². The number of aryl methyl sites for hydroxylation is 1. The van der Waals surface area contributed by atoms with Gasteiger partial charge < -0.3 is 9.88 Å². The molecule has 1 heterocycles. The first-order valence-corrected chi connectivity index (χ1v) is 8.48. The van der Waals surface area contributed by atoms with Gasteiger partial charge in [0.25, 0.3) is 5.56 Å². The summed E-state index contributed by atoms with van der Waals surface area (Å²) in [6, 6.07) is 15.4. The monoisotopic (exact) mass is 337 g/mol. The molecular formula is C20H23N3O2. The van der Waals surface area contributed by atoms with Gasteiger partial charge in [0.1, 0.15) is 0 Å². The largest absolute Gasteiger partial charge is 0.328 e. The van der Waals surface area contributed by atoms with Crippen molar-refractivity contribution >= 4 is 10.9 Å². The zero-order valence-electron chi connectivity index (χ0n) is 14.8. The van der Waals surface area contributed by atoms with Gasteiger partial charge in [-0.1, -0.05) is 43.3 Å². The topological polar surface area (TPSA) is 58.1 Å². The quantitative estimate of drug-likeness (QED) is 0.778. The van der Waals surface area contributed by atoms with Gasteiger partial charge in [0, 0.05) is 0 Å². The van der Waals surface area contributed by atoms with E-state index in [1.165, 1.54) is 10.1 Å². The van der Waals surface area contributed by atoms with Crippen molar-refractivity contribution in [2.45, 2.75) is 25.9 Å². The number of para-hydroxylation sites is 1. The van der Waals surface area contributed by atoms with Gasteiger partial charge >= 0.3 is 5.69 Å². The molecule has 0 aliphatic rings. The van der Waals surface area contributed by atoms with E-state index in [0.717, 1.165) is 12.0 Å². The van der Waals surface area contributed by atoms with Crippen LogP contribution in [-0.4, -0.2) is 28.5 Å². The Bertz CT molecular complexity index is 984. The van der Waals surface area contributed by atoms with Crippen LogP contribution < -0.4 is 11.2 Å². The first-order chi connectivity index (χ1) is 12.0. The van der Waals surface area contributed by atoms with Crippen LogP contribution in [0, 0.1) is 0 Å². The highest BCUT2D eigenvalue weighted by molar-refractivity contribution is 5.76. The van der Waals surface area contributed by atoms with Crippen molar-refractivity contribution in [3.8, 4) is 0 Å². The highest BCUT2D eigenvalue weighted by Gasteiger charge is 2.18. The predicted molar refractivity (Wildman–Crippen MR) is 101 cm³/mol. The molecule has 1 aromatic heterocycles. The number of aromatic amines is 1. The van der Waals surface area contributed by atoms with Crippen molar-refractivity contribution in [2.24, 2.45) is 0 Å². The standard InChI is InChI=1S/C20H23N3O2/c1-4-14-9-11-15(12-10-14)18(22(2)3)13-23-19(24)16-7-5-6-8-17(16)21-20(23)25/h5-12,18H,4,13H2,1-3H3,(H,21,25)/t18-/m1/s1. The Labute approximate surface area is 146 Å². The number of nitrogens with zero attached hydrogens (tertiary/aromatic N) is 2. The van der Waals surface area contributed by atoms with Crippen LogP contribution in [0.15, 0.2) is 58.1 Å². The second kappa shape index (κ2) is 7.07. The summed E-state index contributed by atoms with van der Waals surface area (Å²) >= 11 is 0. The average Bonchev–Trinajstić information content (AvgIpc) is 2.61. The van der Waals surface area contributed by atoms with Crippen LogP contribution in [0.1, 0.15) is 24.1 Å². The van der Waals surface area contributed by atoms with E-state index in [1.807, 2.05) is 19.0 Å². The third kappa shape index (κ3) is 3.42. The van der Waals surface area contributed by atoms with Gasteiger partial charge in [0.15, 0.2) is 0 Å². The number of H-pyrrole nitrogens is 1. The fourth-order valence-corrected chi connectivity index (χ4v) is 3.08. The molecule has 0 aliphatic carbocycles. The minimum atomic E-state index is -0.374. The molecule has 5 nitrogen and oxygen atoms in total. The van der Waals surface area contributed by atoms with Crippen molar-refractivity contribution < 1.29 is 0 Å². The fraction of sp³-hybridized carbons (Fsp3) is 0.300. The van der Waals surface area contributed by atoms with Gasteiger partial charge in [-0.25, -0.2) is 4.79 Å². The SMILES string of the molecule is CCc1ccc([C@@H](Cn2c(=O)[nH]c3ccccc3c2=O)N(C)C)cc1. The number of aromatic nitrogens is 2. The molecule has 0 spiro atoms. The number of rotatable bonds is 5. The highest BCUT2D eigenvalue weighted by atomic mass is 16.2. The molecule has 2 aromatic carbocycles. The minimum Gasteiger partial charge on any atom is -0.307 e. The number of hydrogen-bond acceptors (Lipinski definition) is 3. The molecule has 0 unspecified atom stereocenters. The van der Waals surface area contributed by atoms with Gasteiger partial charge in [-0.2, -0.15) is 0 Å². The number of likely N-dealkylation sites (N-methyl/N-ethyl adjacent to an activating group) is 1. The van der Waals surface area contributed by atoms with Crippen LogP contribution in [0.2, 0.25) is 0 Å². The van der Waals surface area contributed by atoms with E-state index in [-0.39, 0.29) is 17.3 Å². The van der Waals surface area contributed by atoms with Crippen LogP contribution in [0.4, 0.5) is 0 Å². The lowest BCUT2D eigenvalue weighted by atomic mass is 10.0. The summed E-state index contributed by atoms with van der Waals surface area (Å²) in [7, 11) is 3.91. The van der Waals surface area contributed by atoms with E-state index in [1.54, 1.807) is 24.3 Å². The Balaban J connectivity index is 2.04. The van der Waals surface area contributed by atoms with Gasteiger partial charge in [-0.05, 0) is 43.8 Å². The number of benzene rings is 2. The van der Waals surface area contributed by atoms with E-state index in [0.29, 0.717) is 17.4 Å². The predicted octanol–water partition coefficient (Wildman–Crippen LogP) is 2.56. The van der Waals surface area contributed by atoms with E-state index < -0.39 is 0 Å². The normalized spacial score (nSPS) is 12.6. The molecule has 3 rings (SSSR count). The first kappa shape index (κ1) is 17.2. The third-order valence-corrected chi connectivity index (χ3v) is 4.64. The third-order valence-electron chi connectivity index (χ3n) is 4.64. The Morgan fingerprint density at radius 2 is 1.72 bits per heavy atom. The van der Waals surface area contributed by atoms with Crippen LogP contribution in [0.25, 0.3) is 10.9 Å².